The van der Waals surface area contributed by atoms with Gasteiger partial charge in [-0.15, -0.1) is 0 Å². The zero-order chi connectivity index (χ0) is 23.3. The second-order valence-corrected chi connectivity index (χ2v) is 10.3. The van der Waals surface area contributed by atoms with Gasteiger partial charge >= 0.3 is 0 Å². The minimum atomic E-state index is -3.93. The van der Waals surface area contributed by atoms with Crippen LogP contribution < -0.4 is 5.32 Å². The molecule has 0 saturated heterocycles. The van der Waals surface area contributed by atoms with E-state index in [1.165, 1.54) is 19.1 Å². The van der Waals surface area contributed by atoms with Gasteiger partial charge in [0.15, 0.2) is 5.78 Å². The lowest BCUT2D eigenvalue weighted by Crippen LogP contribution is -2.37. The Hall–Kier alpha value is -2.81. The zero-order valence-electron chi connectivity index (χ0n) is 17.7. The molecular weight excluding hydrogens is 492 g/mol. The number of nitrogens with one attached hydrogen (secondary N) is 1. The smallest absolute Gasteiger partial charge is 0.243 e. The molecule has 166 valence electrons. The Bertz CT molecular complexity index is 1220. The van der Waals surface area contributed by atoms with E-state index in [0.717, 1.165) is 19.9 Å². The highest BCUT2D eigenvalue weighted by Crippen LogP contribution is 2.21. The van der Waals surface area contributed by atoms with E-state index in [0.29, 0.717) is 11.3 Å². The van der Waals surface area contributed by atoms with Gasteiger partial charge in [-0.25, -0.2) is 8.42 Å². The van der Waals surface area contributed by atoms with Crippen molar-refractivity contribution in [1.82, 2.24) is 4.31 Å². The topological polar surface area (TPSA) is 83.6 Å². The molecule has 32 heavy (non-hydrogen) atoms. The molecule has 1 amide bonds. The van der Waals surface area contributed by atoms with E-state index in [-0.39, 0.29) is 23.8 Å². The predicted octanol–water partition coefficient (Wildman–Crippen LogP) is 4.79. The Morgan fingerprint density at radius 2 is 1.62 bits per heavy atom. The highest BCUT2D eigenvalue weighted by Gasteiger charge is 2.27. The van der Waals surface area contributed by atoms with Crippen LogP contribution in [0.1, 0.15) is 28.4 Å². The number of aryl methyl sites for hydroxylation is 1. The molecule has 0 atom stereocenters. The molecule has 0 fully saturated rings. The molecule has 0 saturated carbocycles. The van der Waals surface area contributed by atoms with Crippen LogP contribution in [0.2, 0.25) is 0 Å². The fourth-order valence-corrected chi connectivity index (χ4v) is 4.70. The number of halogens is 1. The molecule has 0 aliphatic heterocycles. The van der Waals surface area contributed by atoms with E-state index in [9.17, 15) is 18.0 Å². The van der Waals surface area contributed by atoms with Crippen molar-refractivity contribution in [2.45, 2.75) is 25.3 Å². The largest absolute Gasteiger partial charge is 0.325 e. The first-order valence-electron chi connectivity index (χ1n) is 9.87. The van der Waals surface area contributed by atoms with Gasteiger partial charge in [-0.3, -0.25) is 9.59 Å². The highest BCUT2D eigenvalue weighted by molar-refractivity contribution is 9.10. The molecule has 1 N–H and O–H groups in total. The lowest BCUT2D eigenvalue weighted by atomic mass is 10.1. The molecule has 8 heteroatoms. The highest BCUT2D eigenvalue weighted by atomic mass is 79.9. The second-order valence-electron chi connectivity index (χ2n) is 7.40. The third-order valence-corrected chi connectivity index (χ3v) is 7.14. The first-order chi connectivity index (χ1) is 15.1. The monoisotopic (exact) mass is 514 g/mol. The molecule has 0 unspecified atom stereocenters. The Morgan fingerprint density at radius 1 is 0.969 bits per heavy atom. The number of carbonyl (C=O) groups is 2. The molecule has 0 bridgehead atoms. The van der Waals surface area contributed by atoms with Crippen LogP contribution in [0.5, 0.6) is 0 Å². The van der Waals surface area contributed by atoms with Crippen molar-refractivity contribution < 1.29 is 18.0 Å². The van der Waals surface area contributed by atoms with Crippen LogP contribution in [-0.4, -0.2) is 31.0 Å². The van der Waals surface area contributed by atoms with Crippen LogP contribution in [0, 0.1) is 6.92 Å². The SMILES string of the molecule is CC(=O)c1cccc(NC(=O)CN(Cc2ccc(Br)cc2)S(=O)(=O)c2ccc(C)cc2)c1. The molecule has 3 aromatic carbocycles. The Morgan fingerprint density at radius 3 is 2.25 bits per heavy atom. The lowest BCUT2D eigenvalue weighted by Gasteiger charge is -2.22. The van der Waals surface area contributed by atoms with Crippen molar-refractivity contribution in [3.8, 4) is 0 Å². The number of sulfonamides is 1. The maximum atomic E-state index is 13.3. The summed E-state index contributed by atoms with van der Waals surface area (Å²) in [6.45, 7) is 2.97. The maximum absolute atomic E-state index is 13.3. The summed E-state index contributed by atoms with van der Waals surface area (Å²) in [4.78, 5) is 24.5. The summed E-state index contributed by atoms with van der Waals surface area (Å²) in [5, 5.41) is 2.69. The molecule has 0 aromatic heterocycles. The average molecular weight is 515 g/mol. The molecule has 3 rings (SSSR count). The number of hydrogen-bond acceptors (Lipinski definition) is 4. The molecular formula is C24H23BrN2O4S. The fraction of sp³-hybridized carbons (Fsp3) is 0.167. The minimum Gasteiger partial charge on any atom is -0.325 e. The third-order valence-electron chi connectivity index (χ3n) is 4.80. The minimum absolute atomic E-state index is 0.0321. The Labute approximate surface area is 196 Å². The van der Waals surface area contributed by atoms with E-state index in [4.69, 9.17) is 0 Å². The number of amides is 1. The zero-order valence-corrected chi connectivity index (χ0v) is 20.1. The van der Waals surface area contributed by atoms with Crippen LogP contribution in [0.3, 0.4) is 0 Å². The van der Waals surface area contributed by atoms with Gasteiger partial charge in [-0.05, 0) is 55.8 Å². The summed E-state index contributed by atoms with van der Waals surface area (Å²) < 4.78 is 28.7. The molecule has 0 aliphatic rings. The summed E-state index contributed by atoms with van der Waals surface area (Å²) in [5.41, 5.74) is 2.57. The summed E-state index contributed by atoms with van der Waals surface area (Å²) in [5.74, 6) is -0.626. The molecule has 0 heterocycles. The van der Waals surface area contributed by atoms with E-state index < -0.39 is 15.9 Å². The number of carbonyl (C=O) groups excluding carboxylic acids is 2. The number of rotatable bonds is 8. The number of Topliss-reactive ketones (excluding diaryl/α,β-unsaturated/α-hetero) is 1. The van der Waals surface area contributed by atoms with Crippen molar-refractivity contribution in [3.63, 3.8) is 0 Å². The van der Waals surface area contributed by atoms with Gasteiger partial charge in [0.2, 0.25) is 15.9 Å². The molecule has 3 aromatic rings. The fourth-order valence-electron chi connectivity index (χ4n) is 3.06. The van der Waals surface area contributed by atoms with Gasteiger partial charge < -0.3 is 5.32 Å². The number of ketones is 1. The van der Waals surface area contributed by atoms with Crippen LogP contribution in [0.15, 0.2) is 82.2 Å². The first kappa shape index (κ1) is 23.8. The summed E-state index contributed by atoms with van der Waals surface area (Å²) in [7, 11) is -3.93. The van der Waals surface area contributed by atoms with E-state index in [1.807, 2.05) is 19.1 Å². The average Bonchev–Trinajstić information content (AvgIpc) is 2.75. The van der Waals surface area contributed by atoms with Crippen molar-refractivity contribution in [1.29, 1.82) is 0 Å². The third kappa shape index (κ3) is 6.12. The quantitative estimate of drug-likeness (QED) is 0.438. The van der Waals surface area contributed by atoms with E-state index in [1.54, 1.807) is 48.5 Å². The van der Waals surface area contributed by atoms with Gasteiger partial charge in [-0.2, -0.15) is 4.31 Å². The predicted molar refractivity (Wildman–Crippen MR) is 128 cm³/mol. The van der Waals surface area contributed by atoms with Crippen LogP contribution in [0.4, 0.5) is 5.69 Å². The van der Waals surface area contributed by atoms with Gasteiger partial charge in [0.1, 0.15) is 0 Å². The van der Waals surface area contributed by atoms with Crippen LogP contribution in [-0.2, 0) is 21.4 Å². The number of anilines is 1. The van der Waals surface area contributed by atoms with Crippen LogP contribution >= 0.6 is 15.9 Å². The number of hydrogen-bond donors (Lipinski definition) is 1. The molecule has 0 aliphatic carbocycles. The van der Waals surface area contributed by atoms with Crippen molar-refractivity contribution in [2.24, 2.45) is 0 Å². The Balaban J connectivity index is 1.87. The van der Waals surface area contributed by atoms with Crippen molar-refractivity contribution >= 4 is 43.3 Å². The maximum Gasteiger partial charge on any atom is 0.243 e. The normalized spacial score (nSPS) is 11.4. The van der Waals surface area contributed by atoms with Crippen molar-refractivity contribution in [2.75, 3.05) is 11.9 Å². The number of nitrogens with zero attached hydrogens (tertiary/aromatic N) is 1. The van der Waals surface area contributed by atoms with Crippen LogP contribution in [0.25, 0.3) is 0 Å². The second kappa shape index (κ2) is 10.2. The Kier molecular flexibility index (Phi) is 7.60. The van der Waals surface area contributed by atoms with Crippen molar-refractivity contribution in [3.05, 3.63) is 94.0 Å². The van der Waals surface area contributed by atoms with Gasteiger partial charge in [0, 0.05) is 22.3 Å². The van der Waals surface area contributed by atoms with E-state index >= 15 is 0 Å². The van der Waals surface area contributed by atoms with Gasteiger partial charge in [-0.1, -0.05) is 57.9 Å². The molecule has 0 spiro atoms. The molecule has 6 nitrogen and oxygen atoms in total. The standard InChI is InChI=1S/C24H23BrN2O4S/c1-17-6-12-23(13-7-17)32(30,31)27(15-19-8-10-21(25)11-9-19)16-24(29)26-22-5-3-4-20(14-22)18(2)28/h3-14H,15-16H2,1-2H3,(H,26,29). The number of benzene rings is 3. The first-order valence-corrected chi connectivity index (χ1v) is 12.1. The van der Waals surface area contributed by atoms with Gasteiger partial charge in [0.05, 0.1) is 11.4 Å². The van der Waals surface area contributed by atoms with E-state index in [2.05, 4.69) is 21.2 Å². The molecule has 0 radical (unpaired) electrons. The van der Waals surface area contributed by atoms with Gasteiger partial charge in [0.25, 0.3) is 0 Å². The lowest BCUT2D eigenvalue weighted by molar-refractivity contribution is -0.116. The summed E-state index contributed by atoms with van der Waals surface area (Å²) in [6, 6.07) is 20.3. The summed E-state index contributed by atoms with van der Waals surface area (Å²) >= 11 is 3.37. The summed E-state index contributed by atoms with van der Waals surface area (Å²) in [6.07, 6.45) is 0.